The molecule has 2 aliphatic rings. The van der Waals surface area contributed by atoms with Crippen molar-refractivity contribution >= 4 is 18.0 Å². The summed E-state index contributed by atoms with van der Waals surface area (Å²) in [5.41, 5.74) is 1.14. The summed E-state index contributed by atoms with van der Waals surface area (Å²) in [5, 5.41) is 63.1. The van der Waals surface area contributed by atoms with Crippen molar-refractivity contribution in [3.8, 4) is 23.0 Å². The van der Waals surface area contributed by atoms with Crippen LogP contribution in [-0.4, -0.2) is 131 Å². The third-order valence-electron chi connectivity index (χ3n) is 7.95. The molecule has 0 spiro atoms. The quantitative estimate of drug-likeness (QED) is 0.121. The van der Waals surface area contributed by atoms with Crippen LogP contribution in [0.1, 0.15) is 25.0 Å². The third-order valence-corrected chi connectivity index (χ3v) is 7.95. The molecule has 16 heteroatoms. The Morgan fingerprint density at radius 2 is 1.55 bits per heavy atom. The number of aromatic hydroxyl groups is 2. The van der Waals surface area contributed by atoms with Crippen molar-refractivity contribution in [2.45, 2.75) is 81.7 Å². The maximum atomic E-state index is 13.0. The van der Waals surface area contributed by atoms with Crippen LogP contribution in [-0.2, 0) is 44.4 Å². The average molecular weight is 695 g/mol. The van der Waals surface area contributed by atoms with Gasteiger partial charge >= 0.3 is 11.9 Å². The molecule has 4 rings (SSSR count). The van der Waals surface area contributed by atoms with Crippen molar-refractivity contribution < 1.29 is 78.1 Å². The lowest BCUT2D eigenvalue weighted by Crippen LogP contribution is -2.65. The highest BCUT2D eigenvalue weighted by molar-refractivity contribution is 5.87. The first kappa shape index (κ1) is 37.8. The molecule has 2 fully saturated rings. The smallest absolute Gasteiger partial charge is 0.331 e. The Balaban J connectivity index is 1.56. The van der Waals surface area contributed by atoms with E-state index in [4.69, 9.17) is 37.9 Å². The van der Waals surface area contributed by atoms with E-state index < -0.39 is 80.0 Å². The Labute approximate surface area is 281 Å². The van der Waals surface area contributed by atoms with Crippen molar-refractivity contribution in [3.63, 3.8) is 0 Å². The fraction of sp³-hybridized carbons (Fsp3) is 0.515. The molecule has 0 saturated carbocycles. The number of hydrogen-bond acceptors (Lipinski definition) is 16. The van der Waals surface area contributed by atoms with Gasteiger partial charge in [0.15, 0.2) is 47.8 Å². The van der Waals surface area contributed by atoms with Crippen LogP contribution >= 0.6 is 0 Å². The SMILES string of the molecule is COc1ccc(CCOC2OC(CO)C(OC(=O)C=Cc3ccc(O)c(OC)c3)C(OC3OC(C)C(O)C(OC(C)=O)C3O)C2O)cc1O. The molecule has 2 aromatic rings. The van der Waals surface area contributed by atoms with Crippen molar-refractivity contribution in [1.29, 1.82) is 0 Å². The molecule has 10 atom stereocenters. The molecule has 10 unspecified atom stereocenters. The summed E-state index contributed by atoms with van der Waals surface area (Å²) in [4.78, 5) is 24.7. The molecule has 16 nitrogen and oxygen atoms in total. The monoisotopic (exact) mass is 694 g/mol. The Bertz CT molecular complexity index is 1450. The molecule has 49 heavy (non-hydrogen) atoms. The predicted octanol–water partition coefficient (Wildman–Crippen LogP) is 0.161. The van der Waals surface area contributed by atoms with E-state index in [-0.39, 0.29) is 36.0 Å². The van der Waals surface area contributed by atoms with Gasteiger partial charge in [-0.1, -0.05) is 12.1 Å². The number of aliphatic hydroxyl groups is 4. The van der Waals surface area contributed by atoms with Gasteiger partial charge in [0.25, 0.3) is 0 Å². The number of hydrogen-bond donors (Lipinski definition) is 6. The highest BCUT2D eigenvalue weighted by atomic mass is 16.7. The van der Waals surface area contributed by atoms with Gasteiger partial charge < -0.3 is 68.5 Å². The van der Waals surface area contributed by atoms with E-state index in [1.807, 2.05) is 0 Å². The van der Waals surface area contributed by atoms with Crippen molar-refractivity contribution in [3.05, 3.63) is 53.6 Å². The lowest BCUT2D eigenvalue weighted by molar-refractivity contribution is -0.357. The maximum Gasteiger partial charge on any atom is 0.331 e. The van der Waals surface area contributed by atoms with Gasteiger partial charge in [-0.05, 0) is 54.8 Å². The summed E-state index contributed by atoms with van der Waals surface area (Å²) in [6, 6.07) is 9.12. The van der Waals surface area contributed by atoms with Crippen LogP contribution in [0.25, 0.3) is 6.08 Å². The number of esters is 2. The minimum Gasteiger partial charge on any atom is -0.504 e. The summed E-state index contributed by atoms with van der Waals surface area (Å²) in [6.07, 6.45) is -12.1. The molecule has 2 aromatic carbocycles. The minimum atomic E-state index is -1.75. The molecule has 0 radical (unpaired) electrons. The fourth-order valence-corrected chi connectivity index (χ4v) is 5.39. The van der Waals surface area contributed by atoms with Crippen molar-refractivity contribution in [2.24, 2.45) is 0 Å². The normalized spacial score (nSPS) is 30.1. The van der Waals surface area contributed by atoms with Crippen LogP contribution < -0.4 is 9.47 Å². The van der Waals surface area contributed by atoms with Crippen molar-refractivity contribution in [2.75, 3.05) is 27.4 Å². The molecule has 0 amide bonds. The number of carbonyl (C=O) groups is 2. The second-order valence-corrected chi connectivity index (χ2v) is 11.4. The van der Waals surface area contributed by atoms with Gasteiger partial charge in [-0.3, -0.25) is 4.79 Å². The van der Waals surface area contributed by atoms with E-state index in [1.54, 1.807) is 12.1 Å². The second-order valence-electron chi connectivity index (χ2n) is 11.4. The first-order valence-corrected chi connectivity index (χ1v) is 15.4. The highest BCUT2D eigenvalue weighted by Crippen LogP contribution is 2.33. The largest absolute Gasteiger partial charge is 0.504 e. The highest BCUT2D eigenvalue weighted by Gasteiger charge is 2.53. The number of aliphatic hydroxyl groups excluding tert-OH is 4. The van der Waals surface area contributed by atoms with E-state index in [1.165, 1.54) is 51.5 Å². The molecule has 6 N–H and O–H groups in total. The fourth-order valence-electron chi connectivity index (χ4n) is 5.39. The van der Waals surface area contributed by atoms with Gasteiger partial charge in [-0.25, -0.2) is 4.79 Å². The minimum absolute atomic E-state index is 0.0397. The molecule has 2 saturated heterocycles. The number of carbonyl (C=O) groups excluding carboxylic acids is 2. The van der Waals surface area contributed by atoms with Gasteiger partial charge in [0, 0.05) is 13.0 Å². The van der Waals surface area contributed by atoms with E-state index >= 15 is 0 Å². The topological polar surface area (TPSA) is 229 Å². The lowest BCUT2D eigenvalue weighted by atomic mass is 9.96. The zero-order valence-corrected chi connectivity index (χ0v) is 27.3. The number of ether oxygens (including phenoxy) is 8. The average Bonchev–Trinajstić information content (AvgIpc) is 3.07. The summed E-state index contributed by atoms with van der Waals surface area (Å²) in [7, 11) is 2.78. The van der Waals surface area contributed by atoms with E-state index in [0.717, 1.165) is 13.0 Å². The van der Waals surface area contributed by atoms with Gasteiger partial charge in [-0.2, -0.15) is 0 Å². The lowest BCUT2D eigenvalue weighted by Gasteiger charge is -2.46. The summed E-state index contributed by atoms with van der Waals surface area (Å²) >= 11 is 0. The molecule has 0 aliphatic carbocycles. The summed E-state index contributed by atoms with van der Waals surface area (Å²) < 4.78 is 44.1. The molecule has 0 bridgehead atoms. The van der Waals surface area contributed by atoms with Crippen LogP contribution in [0.2, 0.25) is 0 Å². The van der Waals surface area contributed by atoms with E-state index in [9.17, 15) is 40.2 Å². The summed E-state index contributed by atoms with van der Waals surface area (Å²) in [6.45, 7) is 1.77. The molecule has 270 valence electrons. The van der Waals surface area contributed by atoms with Crippen LogP contribution in [0, 0.1) is 0 Å². The second kappa shape index (κ2) is 17.1. The van der Waals surface area contributed by atoms with Crippen LogP contribution in [0.5, 0.6) is 23.0 Å². The molecular weight excluding hydrogens is 652 g/mol. The Kier molecular flexibility index (Phi) is 13.2. The van der Waals surface area contributed by atoms with Gasteiger partial charge in [-0.15, -0.1) is 0 Å². The standard InChI is InChI=1S/C33H42O16/c1-16-26(39)30(46-17(2)35)27(40)33(45-16)49-31-28(41)32(44-12-11-19-6-9-22(42-3)21(37)13-19)47-24(15-34)29(31)48-25(38)10-7-18-5-8-20(36)23(14-18)43-4/h5-10,13-14,16,24,26-34,36-37,39-41H,11-12,15H2,1-4H3. The van der Waals surface area contributed by atoms with Gasteiger partial charge in [0.05, 0.1) is 33.5 Å². The number of rotatable bonds is 13. The zero-order valence-electron chi connectivity index (χ0n) is 27.3. The van der Waals surface area contributed by atoms with Crippen LogP contribution in [0.4, 0.5) is 0 Å². The molecule has 0 aromatic heterocycles. The number of phenols is 2. The number of methoxy groups -OCH3 is 2. The zero-order chi connectivity index (χ0) is 35.8. The number of benzene rings is 2. The van der Waals surface area contributed by atoms with Crippen LogP contribution in [0.15, 0.2) is 42.5 Å². The molecule has 2 heterocycles. The first-order valence-electron chi connectivity index (χ1n) is 15.4. The van der Waals surface area contributed by atoms with Gasteiger partial charge in [0.1, 0.15) is 30.5 Å². The summed E-state index contributed by atoms with van der Waals surface area (Å²) in [5.74, 6) is -1.46. The Morgan fingerprint density at radius 3 is 2.20 bits per heavy atom. The van der Waals surface area contributed by atoms with Crippen LogP contribution in [0.3, 0.4) is 0 Å². The maximum absolute atomic E-state index is 13.0. The third kappa shape index (κ3) is 9.37. The van der Waals surface area contributed by atoms with Crippen molar-refractivity contribution in [1.82, 2.24) is 0 Å². The van der Waals surface area contributed by atoms with Gasteiger partial charge in [0.2, 0.25) is 0 Å². The molecule has 2 aliphatic heterocycles. The Hall–Kier alpha value is -4.00. The predicted molar refractivity (Wildman–Crippen MR) is 166 cm³/mol. The van der Waals surface area contributed by atoms with E-state index in [2.05, 4.69) is 0 Å². The number of phenolic OH excluding ortho intramolecular Hbond substituents is 2. The molecular formula is C33H42O16. The van der Waals surface area contributed by atoms with E-state index in [0.29, 0.717) is 11.1 Å². The first-order chi connectivity index (χ1) is 23.4. The Morgan fingerprint density at radius 1 is 0.837 bits per heavy atom.